The minimum Gasteiger partial charge on any atom is -0.379 e. The highest BCUT2D eigenvalue weighted by atomic mass is 79.9. The summed E-state index contributed by atoms with van der Waals surface area (Å²) in [5.41, 5.74) is 1.68. The summed E-state index contributed by atoms with van der Waals surface area (Å²) < 4.78 is 6.41. The third-order valence-electron chi connectivity index (χ3n) is 4.85. The number of morpholine rings is 1. The zero-order valence-electron chi connectivity index (χ0n) is 16.7. The average molecular weight is 487 g/mol. The van der Waals surface area contributed by atoms with Gasteiger partial charge in [0, 0.05) is 28.6 Å². The number of hydrogen-bond acceptors (Lipinski definition) is 6. The van der Waals surface area contributed by atoms with Crippen LogP contribution in [-0.4, -0.2) is 52.3 Å². The van der Waals surface area contributed by atoms with Crippen molar-refractivity contribution in [2.75, 3.05) is 31.6 Å². The molecule has 2 aromatic carbocycles. The predicted octanol–water partition coefficient (Wildman–Crippen LogP) is 4.34. The molecule has 0 saturated carbocycles. The third-order valence-corrected chi connectivity index (χ3v) is 6.48. The van der Waals surface area contributed by atoms with Gasteiger partial charge in [-0.1, -0.05) is 45.9 Å². The van der Waals surface area contributed by atoms with E-state index in [0.717, 1.165) is 58.2 Å². The molecule has 4 rings (SSSR count). The van der Waals surface area contributed by atoms with Gasteiger partial charge in [-0.05, 0) is 37.3 Å². The smallest absolute Gasteiger partial charge is 0.237 e. The van der Waals surface area contributed by atoms with Gasteiger partial charge < -0.3 is 10.1 Å². The first-order valence-electron chi connectivity index (χ1n) is 9.87. The van der Waals surface area contributed by atoms with Crippen molar-refractivity contribution in [2.45, 2.75) is 23.7 Å². The first-order valence-corrected chi connectivity index (χ1v) is 11.5. The summed E-state index contributed by atoms with van der Waals surface area (Å²) in [5, 5.41) is 4.47. The lowest BCUT2D eigenvalue weighted by molar-refractivity contribution is -0.115. The van der Waals surface area contributed by atoms with E-state index in [0.29, 0.717) is 6.54 Å². The average Bonchev–Trinajstić information content (AvgIpc) is 2.76. The van der Waals surface area contributed by atoms with Gasteiger partial charge >= 0.3 is 0 Å². The summed E-state index contributed by atoms with van der Waals surface area (Å²) in [6, 6.07) is 15.5. The molecular formula is C22H23BrN4O2S. The lowest BCUT2D eigenvalue weighted by atomic mass is 10.2. The normalized spacial score (nSPS) is 15.8. The van der Waals surface area contributed by atoms with Gasteiger partial charge in [0.1, 0.15) is 10.9 Å². The number of carbonyl (C=O) groups excluding carboxylic acids is 1. The van der Waals surface area contributed by atoms with Crippen LogP contribution in [0.15, 0.2) is 58.0 Å². The Hall–Kier alpha value is -2.00. The number of hydrogen-bond donors (Lipinski definition) is 1. The van der Waals surface area contributed by atoms with Gasteiger partial charge in [0.25, 0.3) is 0 Å². The van der Waals surface area contributed by atoms with Crippen molar-refractivity contribution >= 4 is 50.2 Å². The summed E-state index contributed by atoms with van der Waals surface area (Å²) in [7, 11) is 0. The van der Waals surface area contributed by atoms with Gasteiger partial charge in [0.05, 0.1) is 30.5 Å². The highest BCUT2D eigenvalue weighted by Gasteiger charge is 2.19. The lowest BCUT2D eigenvalue weighted by Crippen LogP contribution is -2.36. The quantitative estimate of drug-likeness (QED) is 0.412. The number of ether oxygens (including phenoxy) is 1. The van der Waals surface area contributed by atoms with Gasteiger partial charge in [0.15, 0.2) is 0 Å². The molecule has 0 radical (unpaired) electrons. The number of amides is 1. The zero-order chi connectivity index (χ0) is 20.9. The van der Waals surface area contributed by atoms with Crippen molar-refractivity contribution in [3.05, 3.63) is 58.8 Å². The molecule has 3 aromatic rings. The Kier molecular flexibility index (Phi) is 6.99. The predicted molar refractivity (Wildman–Crippen MR) is 124 cm³/mol. The van der Waals surface area contributed by atoms with Crippen LogP contribution in [0.25, 0.3) is 10.9 Å². The van der Waals surface area contributed by atoms with Crippen molar-refractivity contribution in [1.29, 1.82) is 0 Å². The van der Waals surface area contributed by atoms with E-state index in [2.05, 4.69) is 26.1 Å². The van der Waals surface area contributed by atoms with Crippen molar-refractivity contribution in [1.82, 2.24) is 14.9 Å². The maximum atomic E-state index is 12.7. The summed E-state index contributed by atoms with van der Waals surface area (Å²) in [4.78, 5) is 24.6. The molecule has 156 valence electrons. The van der Waals surface area contributed by atoms with E-state index in [4.69, 9.17) is 14.7 Å². The zero-order valence-corrected chi connectivity index (χ0v) is 19.1. The number of para-hydroxylation sites is 1. The first kappa shape index (κ1) is 21.2. The molecule has 1 atom stereocenters. The highest BCUT2D eigenvalue weighted by molar-refractivity contribution is 9.10. The number of halogens is 1. The van der Waals surface area contributed by atoms with Crippen LogP contribution in [0.4, 0.5) is 5.69 Å². The maximum Gasteiger partial charge on any atom is 0.237 e. The molecule has 1 aromatic heterocycles. The van der Waals surface area contributed by atoms with E-state index in [9.17, 15) is 4.79 Å². The Bertz CT molecular complexity index is 1030. The second kappa shape index (κ2) is 9.87. The lowest BCUT2D eigenvalue weighted by Gasteiger charge is -2.26. The number of fused-ring (bicyclic) bond motifs is 1. The van der Waals surface area contributed by atoms with E-state index in [1.165, 1.54) is 11.8 Å². The molecule has 6 nitrogen and oxygen atoms in total. The molecule has 1 saturated heterocycles. The fraction of sp³-hybridized carbons (Fsp3) is 0.318. The number of nitrogens with one attached hydrogen (secondary N) is 1. The molecule has 1 aliphatic heterocycles. The highest BCUT2D eigenvalue weighted by Crippen LogP contribution is 2.29. The number of benzene rings is 2. The summed E-state index contributed by atoms with van der Waals surface area (Å²) in [6.07, 6.45) is 0. The second-order valence-corrected chi connectivity index (χ2v) is 9.35. The molecule has 2 heterocycles. The van der Waals surface area contributed by atoms with E-state index >= 15 is 0 Å². The van der Waals surface area contributed by atoms with E-state index in [1.807, 2.05) is 55.5 Å². The van der Waals surface area contributed by atoms with Crippen LogP contribution < -0.4 is 5.32 Å². The molecule has 8 heteroatoms. The van der Waals surface area contributed by atoms with Crippen LogP contribution in [-0.2, 0) is 16.1 Å². The first-order chi connectivity index (χ1) is 14.6. The number of nitrogens with zero attached hydrogens (tertiary/aromatic N) is 3. The molecule has 1 N–H and O–H groups in total. The van der Waals surface area contributed by atoms with Crippen molar-refractivity contribution in [3.8, 4) is 0 Å². The van der Waals surface area contributed by atoms with Crippen LogP contribution in [0, 0.1) is 0 Å². The fourth-order valence-corrected chi connectivity index (χ4v) is 4.43. The number of anilines is 1. The molecule has 0 aliphatic carbocycles. The molecule has 1 amide bonds. The molecular weight excluding hydrogens is 464 g/mol. The SMILES string of the molecule is CC(Sc1nc(CN2CCOCC2)nc2ccccc12)C(=O)Nc1ccc(Br)cc1. The standard InChI is InChI=1S/C22H23BrN4O2S/c1-15(21(28)24-17-8-6-16(23)7-9-17)30-22-18-4-2-3-5-19(18)25-20(26-22)14-27-10-12-29-13-11-27/h2-9,15H,10-14H2,1H3,(H,24,28). The largest absolute Gasteiger partial charge is 0.379 e. The fourth-order valence-electron chi connectivity index (χ4n) is 3.21. The van der Waals surface area contributed by atoms with Crippen LogP contribution in [0.1, 0.15) is 12.7 Å². The molecule has 1 fully saturated rings. The topological polar surface area (TPSA) is 67.3 Å². The number of rotatable bonds is 6. The number of thioether (sulfide) groups is 1. The van der Waals surface area contributed by atoms with E-state index in [-0.39, 0.29) is 11.2 Å². The Morgan fingerprint density at radius 3 is 2.67 bits per heavy atom. The minimum absolute atomic E-state index is 0.0558. The van der Waals surface area contributed by atoms with E-state index < -0.39 is 0 Å². The Balaban J connectivity index is 1.52. The van der Waals surface area contributed by atoms with Gasteiger partial charge in [0.2, 0.25) is 5.91 Å². The van der Waals surface area contributed by atoms with Crippen LogP contribution in [0.3, 0.4) is 0 Å². The Morgan fingerprint density at radius 2 is 1.90 bits per heavy atom. The maximum absolute atomic E-state index is 12.7. The number of carbonyl (C=O) groups is 1. The van der Waals surface area contributed by atoms with Gasteiger partial charge in [-0.2, -0.15) is 0 Å². The Labute approximate surface area is 188 Å². The Morgan fingerprint density at radius 1 is 1.17 bits per heavy atom. The van der Waals surface area contributed by atoms with Gasteiger partial charge in [-0.25, -0.2) is 9.97 Å². The van der Waals surface area contributed by atoms with Crippen molar-refractivity contribution in [2.24, 2.45) is 0 Å². The third kappa shape index (κ3) is 5.37. The van der Waals surface area contributed by atoms with E-state index in [1.54, 1.807) is 0 Å². The van der Waals surface area contributed by atoms with Gasteiger partial charge in [-0.3, -0.25) is 9.69 Å². The van der Waals surface area contributed by atoms with Crippen LogP contribution in [0.2, 0.25) is 0 Å². The summed E-state index contributed by atoms with van der Waals surface area (Å²) in [5.74, 6) is 0.721. The summed E-state index contributed by atoms with van der Waals surface area (Å²) >= 11 is 4.87. The molecule has 30 heavy (non-hydrogen) atoms. The van der Waals surface area contributed by atoms with Crippen molar-refractivity contribution in [3.63, 3.8) is 0 Å². The minimum atomic E-state index is -0.303. The monoisotopic (exact) mass is 486 g/mol. The van der Waals surface area contributed by atoms with Crippen molar-refractivity contribution < 1.29 is 9.53 Å². The molecule has 0 bridgehead atoms. The molecule has 1 aliphatic rings. The van der Waals surface area contributed by atoms with Gasteiger partial charge in [-0.15, -0.1) is 0 Å². The number of aromatic nitrogens is 2. The molecule has 0 spiro atoms. The summed E-state index contributed by atoms with van der Waals surface area (Å²) in [6.45, 7) is 5.82. The second-order valence-electron chi connectivity index (χ2n) is 7.11. The van der Waals surface area contributed by atoms with Crippen LogP contribution >= 0.6 is 27.7 Å². The molecule has 1 unspecified atom stereocenters. The van der Waals surface area contributed by atoms with Crippen LogP contribution in [0.5, 0.6) is 0 Å².